The van der Waals surface area contributed by atoms with E-state index in [4.69, 9.17) is 9.15 Å². The Morgan fingerprint density at radius 2 is 1.90 bits per heavy atom. The highest BCUT2D eigenvalue weighted by Gasteiger charge is 2.25. The number of aliphatic hydroxyl groups is 1. The second-order valence-electron chi connectivity index (χ2n) is 7.88. The van der Waals surface area contributed by atoms with Crippen molar-refractivity contribution in [2.45, 2.75) is 31.9 Å². The highest BCUT2D eigenvalue weighted by atomic mass is 16.5. The fourth-order valence-electron chi connectivity index (χ4n) is 4.11. The number of benzene rings is 2. The van der Waals surface area contributed by atoms with Gasteiger partial charge in [-0.3, -0.25) is 9.36 Å². The number of amides is 1. The largest absolute Gasteiger partial charge is 0.489 e. The molecule has 0 radical (unpaired) electrons. The maximum Gasteiger partial charge on any atom is 0.420 e. The molecule has 31 heavy (non-hydrogen) atoms. The van der Waals surface area contributed by atoms with Crippen molar-refractivity contribution in [1.82, 2.24) is 9.47 Å². The summed E-state index contributed by atoms with van der Waals surface area (Å²) in [5.74, 6) is 0.0385. The van der Waals surface area contributed by atoms with E-state index in [0.29, 0.717) is 23.6 Å². The number of piperidine rings is 1. The molecule has 2 N–H and O–H groups in total. The van der Waals surface area contributed by atoms with E-state index in [1.54, 1.807) is 16.7 Å². The van der Waals surface area contributed by atoms with Crippen LogP contribution in [0.25, 0.3) is 11.1 Å². The first-order valence-corrected chi connectivity index (χ1v) is 10.5. The molecule has 8 nitrogen and oxygen atoms in total. The van der Waals surface area contributed by atoms with Crippen LogP contribution >= 0.6 is 0 Å². The van der Waals surface area contributed by atoms with Crippen LogP contribution in [0.5, 0.6) is 5.75 Å². The van der Waals surface area contributed by atoms with Gasteiger partial charge in [0, 0.05) is 32.6 Å². The van der Waals surface area contributed by atoms with E-state index in [1.807, 2.05) is 36.4 Å². The van der Waals surface area contributed by atoms with Crippen molar-refractivity contribution in [2.24, 2.45) is 0 Å². The van der Waals surface area contributed by atoms with Crippen LogP contribution in [0.4, 0.5) is 5.69 Å². The molecule has 1 amide bonds. The highest BCUT2D eigenvalue weighted by molar-refractivity contribution is 5.90. The van der Waals surface area contributed by atoms with Crippen molar-refractivity contribution < 1.29 is 19.1 Å². The zero-order valence-electron chi connectivity index (χ0n) is 17.5. The maximum absolute atomic E-state index is 12.3. The van der Waals surface area contributed by atoms with Crippen LogP contribution in [-0.4, -0.2) is 52.8 Å². The van der Waals surface area contributed by atoms with E-state index >= 15 is 0 Å². The SMILES string of the molecule is CC(=O)Nc1ccccc1OCC(O)CN1CCC(n2c(=O)oc3ccccc32)CC1. The van der Waals surface area contributed by atoms with Gasteiger partial charge >= 0.3 is 5.76 Å². The molecular formula is C23H27N3O5. The highest BCUT2D eigenvalue weighted by Crippen LogP contribution is 2.26. The first kappa shape index (κ1) is 21.1. The summed E-state index contributed by atoms with van der Waals surface area (Å²) in [7, 11) is 0. The van der Waals surface area contributed by atoms with Gasteiger partial charge in [0.05, 0.1) is 11.2 Å². The van der Waals surface area contributed by atoms with E-state index in [-0.39, 0.29) is 24.3 Å². The number of para-hydroxylation sites is 4. The minimum atomic E-state index is -0.667. The number of β-amino-alcohol motifs (C(OH)–C–C–N with tert-alkyl or cyclic N) is 1. The Hall–Kier alpha value is -3.10. The van der Waals surface area contributed by atoms with Gasteiger partial charge in [-0.1, -0.05) is 24.3 Å². The number of ether oxygens (including phenoxy) is 1. The molecule has 0 bridgehead atoms. The average molecular weight is 425 g/mol. The van der Waals surface area contributed by atoms with Crippen LogP contribution in [0.15, 0.2) is 57.7 Å². The first-order valence-electron chi connectivity index (χ1n) is 10.5. The lowest BCUT2D eigenvalue weighted by Crippen LogP contribution is -2.42. The van der Waals surface area contributed by atoms with Gasteiger partial charge in [-0.15, -0.1) is 0 Å². The second kappa shape index (κ2) is 9.36. The summed E-state index contributed by atoms with van der Waals surface area (Å²) in [4.78, 5) is 25.8. The molecule has 164 valence electrons. The summed E-state index contributed by atoms with van der Waals surface area (Å²) in [6, 6.07) is 14.7. The van der Waals surface area contributed by atoms with Gasteiger partial charge in [0.15, 0.2) is 5.58 Å². The smallest absolute Gasteiger partial charge is 0.420 e. The first-order chi connectivity index (χ1) is 15.0. The lowest BCUT2D eigenvalue weighted by Gasteiger charge is -2.33. The number of anilines is 1. The number of aliphatic hydroxyl groups excluding tert-OH is 1. The molecule has 3 aromatic rings. The van der Waals surface area contributed by atoms with Gasteiger partial charge in [0.25, 0.3) is 0 Å². The van der Waals surface area contributed by atoms with Crippen molar-refractivity contribution in [3.8, 4) is 5.75 Å². The zero-order chi connectivity index (χ0) is 21.8. The van der Waals surface area contributed by atoms with Gasteiger partial charge in [0.2, 0.25) is 5.91 Å². The summed E-state index contributed by atoms with van der Waals surface area (Å²) in [5, 5.41) is 13.2. The number of oxazole rings is 1. The summed E-state index contributed by atoms with van der Waals surface area (Å²) in [6.07, 6.45) is 0.949. The summed E-state index contributed by atoms with van der Waals surface area (Å²) in [5.41, 5.74) is 2.03. The Morgan fingerprint density at radius 1 is 1.19 bits per heavy atom. The molecule has 8 heteroatoms. The van der Waals surface area contributed by atoms with Gasteiger partial charge in [-0.05, 0) is 37.1 Å². The van der Waals surface area contributed by atoms with Crippen LogP contribution < -0.4 is 15.8 Å². The van der Waals surface area contributed by atoms with Gasteiger partial charge < -0.3 is 24.5 Å². The number of carbonyl (C=O) groups excluding carboxylic acids is 1. The standard InChI is InChI=1S/C23H27N3O5/c1-16(27)24-19-6-2-4-8-21(19)30-15-18(28)14-25-12-10-17(11-13-25)26-20-7-3-5-9-22(20)31-23(26)29/h2-9,17-18,28H,10-15H2,1H3,(H,24,27). The van der Waals surface area contributed by atoms with Crippen LogP contribution in [0, 0.1) is 0 Å². The third-order valence-corrected chi connectivity index (χ3v) is 5.54. The second-order valence-corrected chi connectivity index (χ2v) is 7.88. The van der Waals surface area contributed by atoms with Crippen molar-refractivity contribution in [2.75, 3.05) is 31.6 Å². The van der Waals surface area contributed by atoms with Crippen LogP contribution in [0.3, 0.4) is 0 Å². The van der Waals surface area contributed by atoms with E-state index in [0.717, 1.165) is 31.4 Å². The third-order valence-electron chi connectivity index (χ3n) is 5.54. The molecule has 0 aliphatic carbocycles. The molecule has 0 saturated carbocycles. The minimum absolute atomic E-state index is 0.0883. The molecule has 1 saturated heterocycles. The number of hydrogen-bond donors (Lipinski definition) is 2. The number of rotatable bonds is 7. The third kappa shape index (κ3) is 4.98. The molecule has 1 fully saturated rings. The van der Waals surface area contributed by atoms with Crippen molar-refractivity contribution in [3.05, 3.63) is 59.1 Å². The Labute approximate surface area is 180 Å². The van der Waals surface area contributed by atoms with Crippen molar-refractivity contribution >= 4 is 22.7 Å². The monoisotopic (exact) mass is 425 g/mol. The molecule has 1 aliphatic rings. The van der Waals surface area contributed by atoms with E-state index in [9.17, 15) is 14.7 Å². The number of nitrogens with zero attached hydrogens (tertiary/aromatic N) is 2. The van der Waals surface area contributed by atoms with Crippen LogP contribution in [0.2, 0.25) is 0 Å². The minimum Gasteiger partial charge on any atom is -0.489 e. The van der Waals surface area contributed by atoms with E-state index in [2.05, 4.69) is 10.2 Å². The summed E-state index contributed by atoms with van der Waals surface area (Å²) >= 11 is 0. The van der Waals surface area contributed by atoms with Crippen molar-refractivity contribution in [1.29, 1.82) is 0 Å². The molecule has 2 aromatic carbocycles. The Balaban J connectivity index is 1.30. The summed E-state index contributed by atoms with van der Waals surface area (Å²) < 4.78 is 12.9. The van der Waals surface area contributed by atoms with Gasteiger partial charge in [-0.25, -0.2) is 4.79 Å². The lowest BCUT2D eigenvalue weighted by atomic mass is 10.0. The Bertz CT molecular complexity index is 1100. The fourth-order valence-corrected chi connectivity index (χ4v) is 4.11. The number of fused-ring (bicyclic) bond motifs is 1. The summed E-state index contributed by atoms with van der Waals surface area (Å²) in [6.45, 7) is 3.60. The quantitative estimate of drug-likeness (QED) is 0.604. The number of hydrogen-bond acceptors (Lipinski definition) is 6. The molecule has 1 atom stereocenters. The maximum atomic E-state index is 12.3. The van der Waals surface area contributed by atoms with Gasteiger partial charge in [-0.2, -0.15) is 0 Å². The normalized spacial score (nSPS) is 16.3. The number of nitrogens with one attached hydrogen (secondary N) is 1. The molecule has 1 aliphatic heterocycles. The predicted molar refractivity (Wildman–Crippen MR) is 117 cm³/mol. The van der Waals surface area contributed by atoms with Gasteiger partial charge in [0.1, 0.15) is 18.5 Å². The molecule has 2 heterocycles. The number of likely N-dealkylation sites (tertiary alicyclic amines) is 1. The average Bonchev–Trinajstić information content (AvgIpc) is 3.09. The topological polar surface area (TPSA) is 96.9 Å². The van der Waals surface area contributed by atoms with Crippen molar-refractivity contribution in [3.63, 3.8) is 0 Å². The lowest BCUT2D eigenvalue weighted by molar-refractivity contribution is -0.114. The van der Waals surface area contributed by atoms with Crippen LogP contribution in [-0.2, 0) is 4.79 Å². The number of carbonyl (C=O) groups is 1. The Morgan fingerprint density at radius 3 is 2.68 bits per heavy atom. The Kier molecular flexibility index (Phi) is 6.39. The van der Waals surface area contributed by atoms with Crippen LogP contribution in [0.1, 0.15) is 25.8 Å². The number of aromatic nitrogens is 1. The molecule has 1 aromatic heterocycles. The predicted octanol–water partition coefficient (Wildman–Crippen LogP) is 2.63. The molecule has 0 spiro atoms. The fraction of sp³-hybridized carbons (Fsp3) is 0.391. The van der Waals surface area contributed by atoms with E-state index < -0.39 is 6.10 Å². The van der Waals surface area contributed by atoms with E-state index in [1.165, 1.54) is 6.92 Å². The molecule has 1 unspecified atom stereocenters. The molecular weight excluding hydrogens is 398 g/mol. The zero-order valence-corrected chi connectivity index (χ0v) is 17.5. The molecule has 4 rings (SSSR count).